The molecule has 2 amide bonds. The normalized spacial score (nSPS) is 43.5. The molecule has 138 valence electrons. The number of likely N-dealkylation sites (tertiary alicyclic amines) is 1. The summed E-state index contributed by atoms with van der Waals surface area (Å²) in [7, 11) is 0. The van der Waals surface area contributed by atoms with Gasteiger partial charge in [-0.3, -0.25) is 9.59 Å². The first-order valence-electron chi connectivity index (χ1n) is 9.42. The van der Waals surface area contributed by atoms with Gasteiger partial charge in [-0.15, -0.1) is 0 Å². The number of nitrogens with two attached hydrogens (primary N) is 1. The van der Waals surface area contributed by atoms with E-state index in [4.69, 9.17) is 5.73 Å². The Morgan fingerprint density at radius 2 is 1.88 bits per heavy atom. The van der Waals surface area contributed by atoms with Gasteiger partial charge in [-0.1, -0.05) is 44.0 Å². The third-order valence-corrected chi connectivity index (χ3v) is 8.69. The number of benzene rings is 1. The number of amides is 2. The van der Waals surface area contributed by atoms with E-state index in [1.54, 1.807) is 0 Å². The lowest BCUT2D eigenvalue weighted by Crippen LogP contribution is -2.72. The molecule has 4 bridgehead atoms. The van der Waals surface area contributed by atoms with Crippen LogP contribution in [-0.4, -0.2) is 27.6 Å². The monoisotopic (exact) mass is 480 g/mol. The molecule has 6 rings (SSSR count). The van der Waals surface area contributed by atoms with Crippen LogP contribution in [0.1, 0.15) is 43.7 Å². The Bertz CT molecular complexity index is 784. The fraction of sp³-hybridized carbons (Fsp3) is 0.600. The molecule has 1 aromatic rings. The second-order valence-corrected chi connectivity index (χ2v) is 10.6. The number of halogens is 2. The summed E-state index contributed by atoms with van der Waals surface area (Å²) in [5.74, 6) is 1.54. The Balaban J connectivity index is 1.57. The Labute approximate surface area is 170 Å². The van der Waals surface area contributed by atoms with Crippen LogP contribution in [0.2, 0.25) is 0 Å². The molecule has 6 heteroatoms. The molecule has 1 saturated heterocycles. The van der Waals surface area contributed by atoms with Crippen molar-refractivity contribution in [3.8, 4) is 0 Å². The number of carbonyl (C=O) groups excluding carboxylic acids is 2. The summed E-state index contributed by atoms with van der Waals surface area (Å²) in [5, 5.41) is 0. The van der Waals surface area contributed by atoms with E-state index in [9.17, 15) is 9.59 Å². The van der Waals surface area contributed by atoms with E-state index < -0.39 is 5.41 Å². The van der Waals surface area contributed by atoms with E-state index in [-0.39, 0.29) is 28.7 Å². The standard InChI is InChI=1S/C20H22Br2N2O2/c21-14-3-1-2-12(7-14)16-15(22)18(25)24(16)17-13-5-10-4-11(6-13)9-20(17,8-10)19(23)26/h1-3,7,10-11,13,15-17H,4-6,8-9H2,(H2,23,26). The molecule has 4 nitrogen and oxygen atoms in total. The molecule has 5 atom stereocenters. The van der Waals surface area contributed by atoms with Crippen molar-refractivity contribution in [2.75, 3.05) is 0 Å². The van der Waals surface area contributed by atoms with Gasteiger partial charge in [-0.25, -0.2) is 0 Å². The van der Waals surface area contributed by atoms with Crippen molar-refractivity contribution in [3.63, 3.8) is 0 Å². The highest BCUT2D eigenvalue weighted by atomic mass is 79.9. The number of rotatable bonds is 3. The molecule has 4 saturated carbocycles. The topological polar surface area (TPSA) is 63.4 Å². The van der Waals surface area contributed by atoms with Crippen molar-refractivity contribution in [2.45, 2.75) is 49.0 Å². The lowest BCUT2D eigenvalue weighted by Gasteiger charge is -2.65. The molecular formula is C20H22Br2N2O2. The highest BCUT2D eigenvalue weighted by Gasteiger charge is 2.66. The molecule has 26 heavy (non-hydrogen) atoms. The van der Waals surface area contributed by atoms with Crippen LogP contribution < -0.4 is 5.73 Å². The van der Waals surface area contributed by atoms with Gasteiger partial charge in [0.1, 0.15) is 4.83 Å². The van der Waals surface area contributed by atoms with Crippen LogP contribution in [0.25, 0.3) is 0 Å². The lowest BCUT2D eigenvalue weighted by molar-refractivity contribution is -0.184. The van der Waals surface area contributed by atoms with Crippen LogP contribution >= 0.6 is 31.9 Å². The molecule has 5 unspecified atom stereocenters. The smallest absolute Gasteiger partial charge is 0.239 e. The number of nitrogens with zero attached hydrogens (tertiary/aromatic N) is 1. The lowest BCUT2D eigenvalue weighted by atomic mass is 9.46. The number of hydrogen-bond acceptors (Lipinski definition) is 2. The van der Waals surface area contributed by atoms with Crippen LogP contribution in [0.5, 0.6) is 0 Å². The maximum Gasteiger partial charge on any atom is 0.239 e. The molecule has 1 aliphatic heterocycles. The minimum atomic E-state index is -0.526. The molecular weight excluding hydrogens is 460 g/mol. The van der Waals surface area contributed by atoms with Crippen LogP contribution in [0.15, 0.2) is 28.7 Å². The Morgan fingerprint density at radius 1 is 1.19 bits per heavy atom. The van der Waals surface area contributed by atoms with E-state index in [1.165, 1.54) is 6.42 Å². The summed E-state index contributed by atoms with van der Waals surface area (Å²) in [6.45, 7) is 0. The van der Waals surface area contributed by atoms with Gasteiger partial charge in [0.15, 0.2) is 0 Å². The predicted molar refractivity (Wildman–Crippen MR) is 105 cm³/mol. The zero-order valence-electron chi connectivity index (χ0n) is 14.4. The Kier molecular flexibility index (Phi) is 3.85. The third kappa shape index (κ3) is 2.24. The van der Waals surface area contributed by atoms with Crippen LogP contribution in [0, 0.1) is 23.2 Å². The highest BCUT2D eigenvalue weighted by molar-refractivity contribution is 9.10. The summed E-state index contributed by atoms with van der Waals surface area (Å²) in [6.07, 6.45) is 5.24. The molecule has 0 aromatic heterocycles. The molecule has 0 radical (unpaired) electrons. The predicted octanol–water partition coefficient (Wildman–Crippen LogP) is 3.78. The number of carbonyl (C=O) groups is 2. The molecule has 2 N–H and O–H groups in total. The molecule has 5 fully saturated rings. The van der Waals surface area contributed by atoms with Gasteiger partial charge in [0, 0.05) is 10.5 Å². The zero-order valence-corrected chi connectivity index (χ0v) is 17.6. The van der Waals surface area contributed by atoms with Crippen LogP contribution in [0.4, 0.5) is 0 Å². The van der Waals surface area contributed by atoms with Crippen molar-refractivity contribution in [1.82, 2.24) is 4.90 Å². The fourth-order valence-corrected chi connectivity index (χ4v) is 7.87. The summed E-state index contributed by atoms with van der Waals surface area (Å²) in [5.41, 5.74) is 6.57. The van der Waals surface area contributed by atoms with Gasteiger partial charge < -0.3 is 10.6 Å². The van der Waals surface area contributed by atoms with Crippen molar-refractivity contribution in [1.29, 1.82) is 0 Å². The SMILES string of the molecule is NC(=O)C12CC3CC(CC(C3)C1N1C(=O)C(Br)C1c1cccc(Br)c1)C2. The second-order valence-electron chi connectivity index (χ2n) is 8.72. The van der Waals surface area contributed by atoms with Crippen LogP contribution in [-0.2, 0) is 9.59 Å². The first-order valence-corrected chi connectivity index (χ1v) is 11.1. The van der Waals surface area contributed by atoms with Gasteiger partial charge in [0.25, 0.3) is 0 Å². The molecule has 1 aromatic carbocycles. The van der Waals surface area contributed by atoms with Crippen LogP contribution in [0.3, 0.4) is 0 Å². The van der Waals surface area contributed by atoms with Crippen molar-refractivity contribution >= 4 is 43.7 Å². The van der Waals surface area contributed by atoms with Gasteiger partial charge in [-0.2, -0.15) is 0 Å². The minimum Gasteiger partial charge on any atom is -0.369 e. The van der Waals surface area contributed by atoms with E-state index >= 15 is 0 Å². The first-order chi connectivity index (χ1) is 12.4. The fourth-order valence-electron chi connectivity index (χ4n) is 6.66. The summed E-state index contributed by atoms with van der Waals surface area (Å²) < 4.78 is 1.00. The third-order valence-electron chi connectivity index (χ3n) is 7.31. The minimum absolute atomic E-state index is 0.0289. The second kappa shape index (κ2) is 5.81. The number of alkyl halides is 1. The average molecular weight is 482 g/mol. The number of primary amides is 1. The average Bonchev–Trinajstić information content (AvgIpc) is 2.59. The molecule has 5 aliphatic rings. The number of hydrogen-bond donors (Lipinski definition) is 1. The maximum atomic E-state index is 12.9. The molecule has 1 heterocycles. The first kappa shape index (κ1) is 17.2. The van der Waals surface area contributed by atoms with E-state index in [2.05, 4.69) is 44.0 Å². The highest BCUT2D eigenvalue weighted by Crippen LogP contribution is 2.63. The maximum absolute atomic E-state index is 12.9. The van der Waals surface area contributed by atoms with Crippen molar-refractivity contribution in [2.24, 2.45) is 28.9 Å². The van der Waals surface area contributed by atoms with Gasteiger partial charge >= 0.3 is 0 Å². The van der Waals surface area contributed by atoms with Crippen molar-refractivity contribution in [3.05, 3.63) is 34.3 Å². The van der Waals surface area contributed by atoms with Gasteiger partial charge in [-0.05, 0) is 67.6 Å². The van der Waals surface area contributed by atoms with E-state index in [1.807, 2.05) is 17.0 Å². The summed E-state index contributed by atoms with van der Waals surface area (Å²) in [4.78, 5) is 27.4. The quantitative estimate of drug-likeness (QED) is 0.527. The summed E-state index contributed by atoms with van der Waals surface area (Å²) in [6, 6.07) is 8.06. The molecule has 0 spiro atoms. The van der Waals surface area contributed by atoms with Gasteiger partial charge in [0.05, 0.1) is 11.5 Å². The molecule has 4 aliphatic carbocycles. The largest absolute Gasteiger partial charge is 0.369 e. The van der Waals surface area contributed by atoms with Crippen molar-refractivity contribution < 1.29 is 9.59 Å². The van der Waals surface area contributed by atoms with E-state index in [0.29, 0.717) is 17.8 Å². The zero-order chi connectivity index (χ0) is 18.2. The van der Waals surface area contributed by atoms with E-state index in [0.717, 1.165) is 35.7 Å². The summed E-state index contributed by atoms with van der Waals surface area (Å²) >= 11 is 7.13. The van der Waals surface area contributed by atoms with Gasteiger partial charge in [0.2, 0.25) is 11.8 Å². The Morgan fingerprint density at radius 3 is 2.50 bits per heavy atom. The number of β-lactam (4-membered cyclic amide) rings is 1. The Hall–Kier alpha value is -0.880.